The van der Waals surface area contributed by atoms with E-state index < -0.39 is 6.04 Å². The minimum atomic E-state index is -0.704. The van der Waals surface area contributed by atoms with E-state index in [0.717, 1.165) is 23.1 Å². The van der Waals surface area contributed by atoms with Crippen molar-refractivity contribution in [2.45, 2.75) is 58.2 Å². The SMILES string of the molecule is CC[C@@H](C)NC(=O)[C@@H](Cc1ccccc1)N(Cc1ccc(Cl)c(Cl)c1)C(=O)CCc1ccc2c(c1)OCO2. The molecule has 1 aliphatic heterocycles. The molecule has 4 rings (SSSR count). The number of ether oxygens (including phenoxy) is 2. The summed E-state index contributed by atoms with van der Waals surface area (Å²) in [6, 6.07) is 20.0. The molecule has 1 N–H and O–H groups in total. The number of carbonyl (C=O) groups excluding carboxylic acids is 2. The predicted molar refractivity (Wildman–Crippen MR) is 150 cm³/mol. The van der Waals surface area contributed by atoms with Crippen LogP contribution < -0.4 is 14.8 Å². The van der Waals surface area contributed by atoms with Gasteiger partial charge >= 0.3 is 0 Å². The van der Waals surface area contributed by atoms with Gasteiger partial charge in [-0.05, 0) is 60.7 Å². The minimum Gasteiger partial charge on any atom is -0.454 e. The van der Waals surface area contributed by atoms with Crippen molar-refractivity contribution in [2.24, 2.45) is 0 Å². The van der Waals surface area contributed by atoms with Crippen molar-refractivity contribution in [1.82, 2.24) is 10.2 Å². The first-order chi connectivity index (χ1) is 18.3. The number of hydrogen-bond acceptors (Lipinski definition) is 4. The summed E-state index contributed by atoms with van der Waals surface area (Å²) in [5, 5.41) is 3.92. The Balaban J connectivity index is 1.62. The van der Waals surface area contributed by atoms with Crippen molar-refractivity contribution in [3.05, 3.63) is 93.5 Å². The zero-order valence-corrected chi connectivity index (χ0v) is 23.1. The van der Waals surface area contributed by atoms with Gasteiger partial charge < -0.3 is 19.7 Å². The minimum absolute atomic E-state index is 0.0173. The highest BCUT2D eigenvalue weighted by Crippen LogP contribution is 2.33. The van der Waals surface area contributed by atoms with Crippen molar-refractivity contribution in [2.75, 3.05) is 6.79 Å². The number of amides is 2. The zero-order chi connectivity index (χ0) is 27.1. The van der Waals surface area contributed by atoms with Crippen molar-refractivity contribution in [3.63, 3.8) is 0 Å². The molecule has 200 valence electrons. The molecule has 3 aromatic carbocycles. The van der Waals surface area contributed by atoms with E-state index in [1.54, 1.807) is 17.0 Å². The van der Waals surface area contributed by atoms with Crippen LogP contribution in [0.5, 0.6) is 11.5 Å². The Morgan fingerprint density at radius 1 is 0.921 bits per heavy atom. The molecule has 38 heavy (non-hydrogen) atoms. The van der Waals surface area contributed by atoms with Gasteiger partial charge in [0.05, 0.1) is 10.0 Å². The quantitative estimate of drug-likeness (QED) is 0.306. The molecule has 2 amide bonds. The fourth-order valence-corrected chi connectivity index (χ4v) is 4.64. The highest BCUT2D eigenvalue weighted by Gasteiger charge is 2.31. The monoisotopic (exact) mass is 554 g/mol. The lowest BCUT2D eigenvalue weighted by Crippen LogP contribution is -2.52. The number of fused-ring (bicyclic) bond motifs is 1. The first kappa shape index (κ1) is 27.8. The standard InChI is InChI=1S/C30H32Cl2N2O4/c1-3-20(2)33-30(36)26(16-21-7-5-4-6-8-21)34(18-23-9-12-24(31)25(32)15-23)29(35)14-11-22-10-13-27-28(17-22)38-19-37-27/h4-10,12-13,15,17,20,26H,3,11,14,16,18-19H2,1-2H3,(H,33,36)/t20-,26-/m1/s1. The second kappa shape index (κ2) is 13.0. The number of benzene rings is 3. The van der Waals surface area contributed by atoms with Gasteiger partial charge in [-0.25, -0.2) is 0 Å². The molecule has 0 bridgehead atoms. The van der Waals surface area contributed by atoms with Gasteiger partial charge in [0.25, 0.3) is 0 Å². The molecular formula is C30H32Cl2N2O4. The molecule has 1 aliphatic rings. The Hall–Kier alpha value is -3.22. The van der Waals surface area contributed by atoms with Gasteiger partial charge in [0.2, 0.25) is 18.6 Å². The van der Waals surface area contributed by atoms with E-state index >= 15 is 0 Å². The summed E-state index contributed by atoms with van der Waals surface area (Å²) >= 11 is 12.4. The fourth-order valence-electron chi connectivity index (χ4n) is 4.32. The summed E-state index contributed by atoms with van der Waals surface area (Å²) in [4.78, 5) is 29.1. The van der Waals surface area contributed by atoms with Crippen LogP contribution in [0.3, 0.4) is 0 Å². The Bertz CT molecular complexity index is 1270. The molecule has 0 radical (unpaired) electrons. The highest BCUT2D eigenvalue weighted by atomic mass is 35.5. The van der Waals surface area contributed by atoms with Gasteiger partial charge in [0.1, 0.15) is 6.04 Å². The van der Waals surface area contributed by atoms with E-state index in [4.69, 9.17) is 32.7 Å². The van der Waals surface area contributed by atoms with E-state index in [0.29, 0.717) is 34.4 Å². The Morgan fingerprint density at radius 2 is 1.66 bits per heavy atom. The first-order valence-corrected chi connectivity index (χ1v) is 13.6. The van der Waals surface area contributed by atoms with E-state index in [1.165, 1.54) is 0 Å². The third-order valence-electron chi connectivity index (χ3n) is 6.67. The van der Waals surface area contributed by atoms with Crippen LogP contribution in [0.2, 0.25) is 10.0 Å². The van der Waals surface area contributed by atoms with Crippen LogP contribution in [-0.4, -0.2) is 35.6 Å². The maximum atomic E-state index is 13.8. The van der Waals surface area contributed by atoms with Crippen LogP contribution in [0, 0.1) is 0 Å². The van der Waals surface area contributed by atoms with Gasteiger partial charge in [-0.3, -0.25) is 9.59 Å². The molecule has 2 atom stereocenters. The number of aryl methyl sites for hydroxylation is 1. The molecule has 0 saturated carbocycles. The third kappa shape index (κ3) is 7.21. The van der Waals surface area contributed by atoms with E-state index in [9.17, 15) is 9.59 Å². The maximum absolute atomic E-state index is 13.8. The molecule has 0 fully saturated rings. The van der Waals surface area contributed by atoms with Gasteiger partial charge in [-0.1, -0.05) is 72.6 Å². The molecule has 0 aliphatic carbocycles. The van der Waals surface area contributed by atoms with Crippen molar-refractivity contribution >= 4 is 35.0 Å². The topological polar surface area (TPSA) is 67.9 Å². The van der Waals surface area contributed by atoms with Crippen molar-refractivity contribution in [1.29, 1.82) is 0 Å². The second-order valence-electron chi connectivity index (χ2n) is 9.48. The Labute approximate surface area is 233 Å². The number of halogens is 2. The average molecular weight is 556 g/mol. The molecule has 0 aromatic heterocycles. The molecule has 6 nitrogen and oxygen atoms in total. The largest absolute Gasteiger partial charge is 0.454 e. The van der Waals surface area contributed by atoms with Gasteiger partial charge in [0.15, 0.2) is 11.5 Å². The molecule has 0 saturated heterocycles. The molecule has 0 unspecified atom stereocenters. The lowest BCUT2D eigenvalue weighted by molar-refractivity contribution is -0.141. The van der Waals surface area contributed by atoms with Gasteiger partial charge in [0, 0.05) is 25.4 Å². The summed E-state index contributed by atoms with van der Waals surface area (Å²) in [5.74, 6) is 1.07. The number of nitrogens with zero attached hydrogens (tertiary/aromatic N) is 1. The van der Waals surface area contributed by atoms with Gasteiger partial charge in [-0.15, -0.1) is 0 Å². The van der Waals surface area contributed by atoms with Crippen LogP contribution >= 0.6 is 23.2 Å². The van der Waals surface area contributed by atoms with Crippen LogP contribution in [0.4, 0.5) is 0 Å². The van der Waals surface area contributed by atoms with E-state index in [-0.39, 0.29) is 37.6 Å². The zero-order valence-electron chi connectivity index (χ0n) is 21.6. The Morgan fingerprint density at radius 3 is 2.39 bits per heavy atom. The smallest absolute Gasteiger partial charge is 0.243 e. The summed E-state index contributed by atoms with van der Waals surface area (Å²) in [6.07, 6.45) is 1.90. The van der Waals surface area contributed by atoms with Crippen LogP contribution in [0.1, 0.15) is 43.4 Å². The van der Waals surface area contributed by atoms with Crippen molar-refractivity contribution in [3.8, 4) is 11.5 Å². The molecule has 0 spiro atoms. The van der Waals surface area contributed by atoms with Crippen LogP contribution in [-0.2, 0) is 29.0 Å². The summed E-state index contributed by atoms with van der Waals surface area (Å²) in [7, 11) is 0. The maximum Gasteiger partial charge on any atom is 0.243 e. The Kier molecular flexibility index (Phi) is 9.53. The second-order valence-corrected chi connectivity index (χ2v) is 10.3. The third-order valence-corrected chi connectivity index (χ3v) is 7.41. The van der Waals surface area contributed by atoms with E-state index in [2.05, 4.69) is 5.32 Å². The molecule has 1 heterocycles. The molecular weight excluding hydrogens is 523 g/mol. The molecule has 3 aromatic rings. The fraction of sp³-hybridized carbons (Fsp3) is 0.333. The summed E-state index contributed by atoms with van der Waals surface area (Å²) in [5.41, 5.74) is 2.73. The first-order valence-electron chi connectivity index (χ1n) is 12.8. The summed E-state index contributed by atoms with van der Waals surface area (Å²) in [6.45, 7) is 4.40. The lowest BCUT2D eigenvalue weighted by Gasteiger charge is -2.32. The van der Waals surface area contributed by atoms with E-state index in [1.807, 2.05) is 68.4 Å². The normalized spacial score (nSPS) is 13.6. The highest BCUT2D eigenvalue weighted by molar-refractivity contribution is 6.42. The summed E-state index contributed by atoms with van der Waals surface area (Å²) < 4.78 is 10.9. The number of rotatable bonds is 11. The van der Waals surface area contributed by atoms with Crippen LogP contribution in [0.25, 0.3) is 0 Å². The number of hydrogen-bond donors (Lipinski definition) is 1. The number of carbonyl (C=O) groups is 2. The number of nitrogens with one attached hydrogen (secondary N) is 1. The van der Waals surface area contributed by atoms with Gasteiger partial charge in [-0.2, -0.15) is 0 Å². The van der Waals surface area contributed by atoms with Crippen molar-refractivity contribution < 1.29 is 19.1 Å². The predicted octanol–water partition coefficient (Wildman–Crippen LogP) is 6.21. The average Bonchev–Trinajstić information content (AvgIpc) is 3.39. The van der Waals surface area contributed by atoms with Crippen LogP contribution in [0.15, 0.2) is 66.7 Å². The lowest BCUT2D eigenvalue weighted by atomic mass is 10.0. The molecule has 8 heteroatoms.